The van der Waals surface area contributed by atoms with E-state index in [0.29, 0.717) is 21.6 Å². The predicted molar refractivity (Wildman–Crippen MR) is 74.3 cm³/mol. The van der Waals surface area contributed by atoms with Crippen LogP contribution in [0.5, 0.6) is 0 Å². The quantitative estimate of drug-likeness (QED) is 0.597. The summed E-state index contributed by atoms with van der Waals surface area (Å²) in [6.45, 7) is 0. The zero-order valence-corrected chi connectivity index (χ0v) is 11.0. The number of rotatable bonds is 3. The Kier molecular flexibility index (Phi) is 4.16. The van der Waals surface area contributed by atoms with Crippen LogP contribution in [0.15, 0.2) is 30.6 Å². The highest BCUT2D eigenvalue weighted by Crippen LogP contribution is 2.25. The van der Waals surface area contributed by atoms with Gasteiger partial charge in [0.05, 0.1) is 23.1 Å². The molecule has 1 aromatic heterocycles. The molecule has 8 heteroatoms. The summed E-state index contributed by atoms with van der Waals surface area (Å²) in [5.74, 6) is 5.08. The number of aromatic nitrogens is 2. The van der Waals surface area contributed by atoms with Crippen LogP contribution < -0.4 is 16.6 Å². The van der Waals surface area contributed by atoms with Gasteiger partial charge in [-0.15, -0.1) is 0 Å². The van der Waals surface area contributed by atoms with E-state index in [4.69, 9.17) is 29.0 Å². The molecule has 2 aromatic rings. The van der Waals surface area contributed by atoms with Gasteiger partial charge in [-0.25, -0.2) is 15.8 Å². The zero-order chi connectivity index (χ0) is 13.8. The largest absolute Gasteiger partial charge is 0.319 e. The molecule has 98 valence electrons. The van der Waals surface area contributed by atoms with E-state index in [0.717, 1.165) is 0 Å². The lowest BCUT2D eigenvalue weighted by Crippen LogP contribution is -2.15. The molecular weight excluding hydrogens is 289 g/mol. The molecule has 1 heterocycles. The summed E-state index contributed by atoms with van der Waals surface area (Å²) in [4.78, 5) is 19.7. The molecule has 0 spiro atoms. The Balaban J connectivity index is 2.15. The van der Waals surface area contributed by atoms with Crippen LogP contribution in [-0.4, -0.2) is 15.9 Å². The Morgan fingerprint density at radius 1 is 1.21 bits per heavy atom. The van der Waals surface area contributed by atoms with Crippen LogP contribution >= 0.6 is 23.2 Å². The minimum Gasteiger partial charge on any atom is -0.319 e. The molecule has 1 amide bonds. The first-order valence-electron chi connectivity index (χ1n) is 5.15. The Morgan fingerprint density at radius 3 is 2.58 bits per heavy atom. The van der Waals surface area contributed by atoms with Gasteiger partial charge in [-0.3, -0.25) is 4.79 Å². The van der Waals surface area contributed by atoms with Gasteiger partial charge in [-0.1, -0.05) is 23.2 Å². The number of nitrogen functional groups attached to an aromatic ring is 1. The Hall–Kier alpha value is -1.89. The molecule has 0 aliphatic rings. The number of hydrazine groups is 1. The fourth-order valence-electron chi connectivity index (χ4n) is 1.30. The van der Waals surface area contributed by atoms with E-state index in [1.165, 1.54) is 18.5 Å². The van der Waals surface area contributed by atoms with Gasteiger partial charge < -0.3 is 10.7 Å². The van der Waals surface area contributed by atoms with Crippen LogP contribution in [0.3, 0.4) is 0 Å². The lowest BCUT2D eigenvalue weighted by molar-refractivity contribution is 0.102. The number of carbonyl (C=O) groups is 1. The SMILES string of the molecule is NNc1cnc(C(=O)Nc2ccc(Cl)cc2Cl)cn1. The molecule has 0 aliphatic carbocycles. The fraction of sp³-hybridized carbons (Fsp3) is 0. The number of nitrogens with zero attached hydrogens (tertiary/aromatic N) is 2. The summed E-state index contributed by atoms with van der Waals surface area (Å²) in [5, 5.41) is 3.44. The zero-order valence-electron chi connectivity index (χ0n) is 9.52. The number of anilines is 2. The number of halogens is 2. The molecule has 6 nitrogen and oxygen atoms in total. The molecule has 0 aliphatic heterocycles. The van der Waals surface area contributed by atoms with Crippen molar-refractivity contribution in [2.24, 2.45) is 5.84 Å². The first-order valence-corrected chi connectivity index (χ1v) is 5.91. The standard InChI is InChI=1S/C11H9Cl2N5O/c12-6-1-2-8(7(13)3-6)17-11(19)9-4-16-10(18-14)5-15-9/h1-5H,14H2,(H,16,18)(H,17,19). The first kappa shape index (κ1) is 13.5. The van der Waals surface area contributed by atoms with E-state index in [1.54, 1.807) is 12.1 Å². The van der Waals surface area contributed by atoms with Crippen molar-refractivity contribution in [2.45, 2.75) is 0 Å². The van der Waals surface area contributed by atoms with Gasteiger partial charge in [0.1, 0.15) is 5.69 Å². The molecule has 0 bridgehead atoms. The summed E-state index contributed by atoms with van der Waals surface area (Å²) < 4.78 is 0. The summed E-state index contributed by atoms with van der Waals surface area (Å²) in [7, 11) is 0. The van der Waals surface area contributed by atoms with Crippen LogP contribution in [0, 0.1) is 0 Å². The van der Waals surface area contributed by atoms with Crippen molar-refractivity contribution < 1.29 is 4.79 Å². The van der Waals surface area contributed by atoms with Crippen LogP contribution in [0.1, 0.15) is 10.5 Å². The maximum Gasteiger partial charge on any atom is 0.275 e. The van der Waals surface area contributed by atoms with E-state index < -0.39 is 5.91 Å². The van der Waals surface area contributed by atoms with Crippen LogP contribution in [0.25, 0.3) is 0 Å². The van der Waals surface area contributed by atoms with E-state index in [9.17, 15) is 4.79 Å². The van der Waals surface area contributed by atoms with E-state index in [-0.39, 0.29) is 5.69 Å². The monoisotopic (exact) mass is 297 g/mol. The number of hydrogen-bond acceptors (Lipinski definition) is 5. The van der Waals surface area contributed by atoms with Crippen molar-refractivity contribution in [2.75, 3.05) is 10.7 Å². The highest BCUT2D eigenvalue weighted by Gasteiger charge is 2.10. The number of nitrogens with two attached hydrogens (primary N) is 1. The molecule has 19 heavy (non-hydrogen) atoms. The van der Waals surface area contributed by atoms with Crippen molar-refractivity contribution in [1.29, 1.82) is 0 Å². The minimum absolute atomic E-state index is 0.144. The second-order valence-electron chi connectivity index (χ2n) is 3.51. The average molecular weight is 298 g/mol. The maximum atomic E-state index is 11.9. The summed E-state index contributed by atoms with van der Waals surface area (Å²) in [5.41, 5.74) is 2.90. The molecule has 0 saturated heterocycles. The maximum absolute atomic E-state index is 11.9. The molecule has 0 saturated carbocycles. The lowest BCUT2D eigenvalue weighted by Gasteiger charge is -2.07. The number of hydrogen-bond donors (Lipinski definition) is 3. The molecule has 4 N–H and O–H groups in total. The van der Waals surface area contributed by atoms with E-state index in [1.807, 2.05) is 0 Å². The van der Waals surface area contributed by atoms with Gasteiger partial charge in [0, 0.05) is 5.02 Å². The summed E-state index contributed by atoms with van der Waals surface area (Å²) in [6, 6.07) is 4.76. The van der Waals surface area contributed by atoms with Gasteiger partial charge >= 0.3 is 0 Å². The number of carbonyl (C=O) groups excluding carboxylic acids is 1. The highest BCUT2D eigenvalue weighted by atomic mass is 35.5. The molecule has 0 radical (unpaired) electrons. The third-order valence-electron chi connectivity index (χ3n) is 2.21. The van der Waals surface area contributed by atoms with Crippen molar-refractivity contribution in [3.05, 3.63) is 46.3 Å². The van der Waals surface area contributed by atoms with E-state index in [2.05, 4.69) is 20.7 Å². The van der Waals surface area contributed by atoms with Crippen molar-refractivity contribution in [3.8, 4) is 0 Å². The van der Waals surface area contributed by atoms with Crippen molar-refractivity contribution in [1.82, 2.24) is 9.97 Å². The Morgan fingerprint density at radius 2 is 2.00 bits per heavy atom. The summed E-state index contributed by atoms with van der Waals surface area (Å²) in [6.07, 6.45) is 2.65. The lowest BCUT2D eigenvalue weighted by atomic mass is 10.3. The first-order chi connectivity index (χ1) is 9.10. The smallest absolute Gasteiger partial charge is 0.275 e. The van der Waals surface area contributed by atoms with Gasteiger partial charge in [0.25, 0.3) is 5.91 Å². The van der Waals surface area contributed by atoms with Gasteiger partial charge in [-0.05, 0) is 18.2 Å². The minimum atomic E-state index is -0.430. The Bertz CT molecular complexity index is 603. The normalized spacial score (nSPS) is 10.1. The molecular formula is C11H9Cl2N5O. The fourth-order valence-corrected chi connectivity index (χ4v) is 1.75. The second-order valence-corrected chi connectivity index (χ2v) is 4.35. The third-order valence-corrected chi connectivity index (χ3v) is 2.76. The molecule has 2 rings (SSSR count). The van der Waals surface area contributed by atoms with Gasteiger partial charge in [0.15, 0.2) is 5.82 Å². The van der Waals surface area contributed by atoms with Gasteiger partial charge in [-0.2, -0.15) is 0 Å². The molecule has 1 aromatic carbocycles. The second kappa shape index (κ2) is 5.83. The van der Waals surface area contributed by atoms with Crippen molar-refractivity contribution in [3.63, 3.8) is 0 Å². The van der Waals surface area contributed by atoms with Crippen LogP contribution in [0.4, 0.5) is 11.5 Å². The number of amides is 1. The number of benzene rings is 1. The summed E-state index contributed by atoms with van der Waals surface area (Å²) >= 11 is 11.7. The molecule has 0 atom stereocenters. The van der Waals surface area contributed by atoms with Gasteiger partial charge in [0.2, 0.25) is 0 Å². The molecule has 0 unspecified atom stereocenters. The highest BCUT2D eigenvalue weighted by molar-refractivity contribution is 6.36. The number of nitrogens with one attached hydrogen (secondary N) is 2. The van der Waals surface area contributed by atoms with E-state index >= 15 is 0 Å². The Labute approximate surface area is 118 Å². The average Bonchev–Trinajstić information content (AvgIpc) is 2.42. The predicted octanol–water partition coefficient (Wildman–Crippen LogP) is 2.32. The van der Waals surface area contributed by atoms with Crippen LogP contribution in [-0.2, 0) is 0 Å². The third kappa shape index (κ3) is 3.31. The van der Waals surface area contributed by atoms with Crippen molar-refractivity contribution >= 4 is 40.6 Å². The van der Waals surface area contributed by atoms with Crippen LogP contribution in [0.2, 0.25) is 10.0 Å². The topological polar surface area (TPSA) is 92.9 Å². The molecule has 0 fully saturated rings.